The molecule has 0 bridgehead atoms. The fraction of sp³-hybridized carbons (Fsp3) is 0.533. The predicted octanol–water partition coefficient (Wildman–Crippen LogP) is 3.53. The maximum Gasteiger partial charge on any atom is 0.337 e. The maximum absolute atomic E-state index is 11.5. The zero-order valence-corrected chi connectivity index (χ0v) is 11.2. The molecule has 2 rings (SSSR count). The minimum Gasteiger partial charge on any atom is -0.465 e. The minimum atomic E-state index is -0.276. The van der Waals surface area contributed by atoms with Gasteiger partial charge in [0.05, 0.1) is 12.7 Å². The summed E-state index contributed by atoms with van der Waals surface area (Å²) in [5.41, 5.74) is 2.85. The predicted molar refractivity (Wildman–Crippen MR) is 73.0 cm³/mol. The van der Waals surface area contributed by atoms with Gasteiger partial charge in [0.15, 0.2) is 0 Å². The monoisotopic (exact) mass is 247 g/mol. The standard InChI is InChI=1S/C15H21NO2/c1-11-8-9-12(15(17)18-2)10-14(11)16-13-6-4-3-5-7-13/h8-10,13,16H,3-7H2,1-2H3. The molecular formula is C15H21NO2. The molecule has 1 saturated carbocycles. The third kappa shape index (κ3) is 3.03. The van der Waals surface area contributed by atoms with Crippen molar-refractivity contribution < 1.29 is 9.53 Å². The summed E-state index contributed by atoms with van der Waals surface area (Å²) >= 11 is 0. The van der Waals surface area contributed by atoms with Gasteiger partial charge in [-0.15, -0.1) is 0 Å². The van der Waals surface area contributed by atoms with Crippen molar-refractivity contribution in [3.05, 3.63) is 29.3 Å². The smallest absolute Gasteiger partial charge is 0.337 e. The zero-order chi connectivity index (χ0) is 13.0. The number of benzene rings is 1. The summed E-state index contributed by atoms with van der Waals surface area (Å²) in [5.74, 6) is -0.276. The molecule has 1 aliphatic carbocycles. The van der Waals surface area contributed by atoms with Gasteiger partial charge in [0.1, 0.15) is 0 Å². The van der Waals surface area contributed by atoms with Crippen molar-refractivity contribution in [2.24, 2.45) is 0 Å². The molecule has 3 nitrogen and oxygen atoms in total. The van der Waals surface area contributed by atoms with Crippen LogP contribution < -0.4 is 5.32 Å². The number of hydrogen-bond acceptors (Lipinski definition) is 3. The number of ether oxygens (including phenoxy) is 1. The first kappa shape index (κ1) is 12.9. The molecule has 1 N–H and O–H groups in total. The molecule has 0 unspecified atom stereocenters. The topological polar surface area (TPSA) is 38.3 Å². The van der Waals surface area contributed by atoms with Crippen molar-refractivity contribution in [3.63, 3.8) is 0 Å². The summed E-state index contributed by atoms with van der Waals surface area (Å²) in [6.07, 6.45) is 6.39. The van der Waals surface area contributed by atoms with Gasteiger partial charge >= 0.3 is 5.97 Å². The Balaban J connectivity index is 2.12. The van der Waals surface area contributed by atoms with Crippen LogP contribution in [0.25, 0.3) is 0 Å². The first-order valence-electron chi connectivity index (χ1n) is 6.66. The second kappa shape index (κ2) is 5.89. The number of anilines is 1. The number of rotatable bonds is 3. The minimum absolute atomic E-state index is 0.276. The van der Waals surface area contributed by atoms with Gasteiger partial charge in [-0.25, -0.2) is 4.79 Å². The molecule has 0 amide bonds. The SMILES string of the molecule is COC(=O)c1ccc(C)c(NC2CCCCC2)c1. The second-order valence-corrected chi connectivity index (χ2v) is 5.00. The molecule has 18 heavy (non-hydrogen) atoms. The normalized spacial score (nSPS) is 16.3. The molecule has 1 aromatic carbocycles. The largest absolute Gasteiger partial charge is 0.465 e. The van der Waals surface area contributed by atoms with E-state index in [2.05, 4.69) is 12.2 Å². The summed E-state index contributed by atoms with van der Waals surface area (Å²) in [5, 5.41) is 3.56. The molecule has 1 fully saturated rings. The highest BCUT2D eigenvalue weighted by Gasteiger charge is 2.15. The van der Waals surface area contributed by atoms with Crippen molar-refractivity contribution in [3.8, 4) is 0 Å². The average molecular weight is 247 g/mol. The van der Waals surface area contributed by atoms with Crippen LogP contribution >= 0.6 is 0 Å². The lowest BCUT2D eigenvalue weighted by atomic mass is 9.95. The van der Waals surface area contributed by atoms with E-state index in [1.165, 1.54) is 44.8 Å². The molecule has 1 aliphatic rings. The fourth-order valence-corrected chi connectivity index (χ4v) is 2.49. The van der Waals surface area contributed by atoms with E-state index >= 15 is 0 Å². The Labute approximate surface area is 109 Å². The van der Waals surface area contributed by atoms with Gasteiger partial charge in [-0.05, 0) is 37.5 Å². The van der Waals surface area contributed by atoms with Crippen molar-refractivity contribution in [2.45, 2.75) is 45.1 Å². The highest BCUT2D eigenvalue weighted by molar-refractivity contribution is 5.90. The van der Waals surface area contributed by atoms with Crippen molar-refractivity contribution in [1.82, 2.24) is 0 Å². The molecule has 0 aromatic heterocycles. The molecule has 3 heteroatoms. The van der Waals surface area contributed by atoms with Gasteiger partial charge in [-0.3, -0.25) is 0 Å². The van der Waals surface area contributed by atoms with E-state index in [0.29, 0.717) is 11.6 Å². The molecule has 0 spiro atoms. The van der Waals surface area contributed by atoms with Crippen LogP contribution in [0.15, 0.2) is 18.2 Å². The van der Waals surface area contributed by atoms with Gasteiger partial charge in [-0.2, -0.15) is 0 Å². The molecule has 0 heterocycles. The van der Waals surface area contributed by atoms with Gasteiger partial charge < -0.3 is 10.1 Å². The third-order valence-corrected chi connectivity index (χ3v) is 3.62. The summed E-state index contributed by atoms with van der Waals surface area (Å²) in [7, 11) is 1.41. The number of nitrogens with one attached hydrogen (secondary N) is 1. The van der Waals surface area contributed by atoms with Crippen LogP contribution in [0.4, 0.5) is 5.69 Å². The van der Waals surface area contributed by atoms with Crippen LogP contribution in [0.1, 0.15) is 48.0 Å². The number of hydrogen-bond donors (Lipinski definition) is 1. The quantitative estimate of drug-likeness (QED) is 0.830. The van der Waals surface area contributed by atoms with Crippen LogP contribution in [-0.2, 0) is 4.74 Å². The lowest BCUT2D eigenvalue weighted by molar-refractivity contribution is 0.0601. The Morgan fingerprint density at radius 1 is 1.28 bits per heavy atom. The number of esters is 1. The molecule has 1 aromatic rings. The van der Waals surface area contributed by atoms with E-state index in [1.807, 2.05) is 18.2 Å². The van der Waals surface area contributed by atoms with Crippen LogP contribution in [0, 0.1) is 6.92 Å². The lowest BCUT2D eigenvalue weighted by Gasteiger charge is -2.25. The first-order chi connectivity index (χ1) is 8.70. The molecule has 0 saturated heterocycles. The van der Waals surface area contributed by atoms with Crippen molar-refractivity contribution in [2.75, 3.05) is 12.4 Å². The van der Waals surface area contributed by atoms with Gasteiger partial charge in [0, 0.05) is 11.7 Å². The zero-order valence-electron chi connectivity index (χ0n) is 11.2. The molecule has 0 atom stereocenters. The summed E-state index contributed by atoms with van der Waals surface area (Å²) in [4.78, 5) is 11.5. The van der Waals surface area contributed by atoms with Crippen molar-refractivity contribution >= 4 is 11.7 Å². The molecule has 0 radical (unpaired) electrons. The van der Waals surface area contributed by atoms with Crippen LogP contribution in [0.2, 0.25) is 0 Å². The van der Waals surface area contributed by atoms with Gasteiger partial charge in [-0.1, -0.05) is 25.3 Å². The number of carbonyl (C=O) groups is 1. The number of methoxy groups -OCH3 is 1. The Bertz CT molecular complexity index is 423. The van der Waals surface area contributed by atoms with E-state index in [0.717, 1.165) is 5.69 Å². The van der Waals surface area contributed by atoms with E-state index in [4.69, 9.17) is 4.74 Å². The summed E-state index contributed by atoms with van der Waals surface area (Å²) in [6, 6.07) is 6.23. The van der Waals surface area contributed by atoms with Crippen LogP contribution in [-0.4, -0.2) is 19.1 Å². The number of carbonyl (C=O) groups excluding carboxylic acids is 1. The Morgan fingerprint density at radius 2 is 2.00 bits per heavy atom. The lowest BCUT2D eigenvalue weighted by Crippen LogP contribution is -2.22. The molecular weight excluding hydrogens is 226 g/mol. The molecule has 98 valence electrons. The Morgan fingerprint density at radius 3 is 2.67 bits per heavy atom. The first-order valence-corrected chi connectivity index (χ1v) is 6.66. The van der Waals surface area contributed by atoms with Crippen molar-refractivity contribution in [1.29, 1.82) is 0 Å². The van der Waals surface area contributed by atoms with Gasteiger partial charge in [0.25, 0.3) is 0 Å². The summed E-state index contributed by atoms with van der Waals surface area (Å²) < 4.78 is 4.75. The highest BCUT2D eigenvalue weighted by Crippen LogP contribution is 2.24. The van der Waals surface area contributed by atoms with E-state index in [1.54, 1.807) is 0 Å². The molecule has 0 aliphatic heterocycles. The maximum atomic E-state index is 11.5. The highest BCUT2D eigenvalue weighted by atomic mass is 16.5. The third-order valence-electron chi connectivity index (χ3n) is 3.62. The van der Waals surface area contributed by atoms with Crippen LogP contribution in [0.5, 0.6) is 0 Å². The Kier molecular flexibility index (Phi) is 4.24. The van der Waals surface area contributed by atoms with E-state index in [9.17, 15) is 4.79 Å². The fourth-order valence-electron chi connectivity index (χ4n) is 2.49. The van der Waals surface area contributed by atoms with Gasteiger partial charge in [0.2, 0.25) is 0 Å². The van der Waals surface area contributed by atoms with E-state index < -0.39 is 0 Å². The Hall–Kier alpha value is -1.51. The average Bonchev–Trinajstić information content (AvgIpc) is 2.41. The number of aryl methyl sites for hydroxylation is 1. The van der Waals surface area contributed by atoms with E-state index in [-0.39, 0.29) is 5.97 Å². The van der Waals surface area contributed by atoms with Crippen LogP contribution in [0.3, 0.4) is 0 Å². The summed E-state index contributed by atoms with van der Waals surface area (Å²) in [6.45, 7) is 2.06. The second-order valence-electron chi connectivity index (χ2n) is 5.00.